The van der Waals surface area contributed by atoms with E-state index in [0.717, 1.165) is 36.8 Å². The molecule has 0 aliphatic rings. The number of quaternary nitrogens is 1. The Morgan fingerprint density at radius 1 is 0.714 bits per heavy atom. The lowest BCUT2D eigenvalue weighted by Crippen LogP contribution is -2.41. The number of hydrogen-bond acceptors (Lipinski definition) is 2. The van der Waals surface area contributed by atoms with E-state index in [1.165, 1.54) is 82.6 Å². The lowest BCUT2D eigenvalue weighted by atomic mass is 10.0. The zero-order chi connectivity index (χ0) is 25.1. The van der Waals surface area contributed by atoms with Gasteiger partial charge in [0.2, 0.25) is 10.0 Å². The summed E-state index contributed by atoms with van der Waals surface area (Å²) in [5.74, 6) is 0.295. The molecule has 0 aliphatic carbocycles. The van der Waals surface area contributed by atoms with E-state index in [1.807, 2.05) is 6.07 Å². The Morgan fingerprint density at radius 2 is 1.17 bits per heavy atom. The van der Waals surface area contributed by atoms with Gasteiger partial charge < -0.3 is 4.48 Å². The van der Waals surface area contributed by atoms with Crippen molar-refractivity contribution in [2.24, 2.45) is 0 Å². The lowest BCUT2D eigenvalue weighted by molar-refractivity contribution is -0.903. The van der Waals surface area contributed by atoms with Gasteiger partial charge in [-0.15, -0.1) is 17.0 Å². The van der Waals surface area contributed by atoms with Gasteiger partial charge in [-0.1, -0.05) is 121 Å². The van der Waals surface area contributed by atoms with Gasteiger partial charge in [0, 0.05) is 25.6 Å². The third kappa shape index (κ3) is 18.5. The highest BCUT2D eigenvalue weighted by atomic mass is 79.9. The van der Waals surface area contributed by atoms with Gasteiger partial charge in [-0.25, -0.2) is 12.7 Å². The highest BCUT2D eigenvalue weighted by Gasteiger charge is 2.20. The van der Waals surface area contributed by atoms with Gasteiger partial charge >= 0.3 is 0 Å². The number of hydrogen-bond donors (Lipinski definition) is 0. The van der Waals surface area contributed by atoms with Gasteiger partial charge in [-0.3, -0.25) is 0 Å². The monoisotopic (exact) mass is 575 g/mol. The number of rotatable bonds is 22. The fourth-order valence-electron chi connectivity index (χ4n) is 4.65. The number of unbranched alkanes of at least 4 members (excludes halogenated alkanes) is 13. The summed E-state index contributed by atoms with van der Waals surface area (Å²) in [7, 11) is 3.06. The van der Waals surface area contributed by atoms with E-state index in [4.69, 9.17) is 0 Å². The van der Waals surface area contributed by atoms with Crippen LogP contribution in [0.4, 0.5) is 0 Å². The molecule has 0 radical (unpaired) electrons. The molecule has 0 fully saturated rings. The van der Waals surface area contributed by atoms with Gasteiger partial charge in [0.05, 0.1) is 26.4 Å². The molecule has 4 nitrogen and oxygen atoms in total. The molecule has 1 aromatic carbocycles. The van der Waals surface area contributed by atoms with Crippen molar-refractivity contribution in [3.8, 4) is 0 Å². The third-order valence-electron chi connectivity index (χ3n) is 6.92. The molecule has 0 N–H and O–H groups in total. The molecular weight excluding hydrogens is 520 g/mol. The predicted octanol–water partition coefficient (Wildman–Crippen LogP) is 7.97. The van der Waals surface area contributed by atoms with Crippen LogP contribution < -0.4 is 0 Å². The first-order chi connectivity index (χ1) is 16.3. The molecule has 35 heavy (non-hydrogen) atoms. The number of sulfonamides is 1. The van der Waals surface area contributed by atoms with Crippen LogP contribution in [0.5, 0.6) is 0 Å². The number of nitrogens with zero attached hydrogens (tertiary/aromatic N) is 2. The lowest BCUT2D eigenvalue weighted by Gasteiger charge is -2.30. The van der Waals surface area contributed by atoms with Crippen molar-refractivity contribution in [3.05, 3.63) is 35.9 Å². The van der Waals surface area contributed by atoms with Crippen LogP contribution in [-0.4, -0.2) is 57.2 Å². The molecule has 0 amide bonds. The van der Waals surface area contributed by atoms with E-state index < -0.39 is 10.0 Å². The Balaban J connectivity index is 0.0000116. The van der Waals surface area contributed by atoms with Crippen LogP contribution in [0.3, 0.4) is 0 Å². The quantitative estimate of drug-likeness (QED) is 0.104. The maximum Gasteiger partial charge on any atom is 0.213 e. The molecule has 0 atom stereocenters. The first kappa shape index (κ1) is 34.6. The molecule has 0 aliphatic heterocycles. The van der Waals surface area contributed by atoms with E-state index in [1.54, 1.807) is 11.4 Å². The van der Waals surface area contributed by atoms with Crippen molar-refractivity contribution in [2.75, 3.05) is 40.0 Å². The van der Waals surface area contributed by atoms with E-state index >= 15 is 0 Å². The summed E-state index contributed by atoms with van der Waals surface area (Å²) in [6, 6.07) is 10.5. The first-order valence-electron chi connectivity index (χ1n) is 14.1. The number of halogens is 1. The fraction of sp³-hybridized carbons (Fsp3) is 0.793. The van der Waals surface area contributed by atoms with E-state index in [2.05, 4.69) is 45.3 Å². The Morgan fingerprint density at radius 3 is 1.66 bits per heavy atom. The van der Waals surface area contributed by atoms with Crippen LogP contribution in [-0.2, 0) is 16.6 Å². The minimum absolute atomic E-state index is 0. The Bertz CT molecular complexity index is 711. The SMILES string of the molecule is Br.CCCCCCCCCCCCCCCCS(=O)(=O)N(C)CCC[N+](C)(C)Cc1ccccc1. The van der Waals surface area contributed by atoms with Crippen molar-refractivity contribution < 1.29 is 12.9 Å². The van der Waals surface area contributed by atoms with E-state index in [9.17, 15) is 8.42 Å². The molecule has 1 rings (SSSR count). The normalized spacial score (nSPS) is 12.1. The molecule has 0 bridgehead atoms. The summed E-state index contributed by atoms with van der Waals surface area (Å²) < 4.78 is 27.7. The highest BCUT2D eigenvalue weighted by Crippen LogP contribution is 2.14. The predicted molar refractivity (Wildman–Crippen MR) is 159 cm³/mol. The van der Waals surface area contributed by atoms with Crippen molar-refractivity contribution in [1.29, 1.82) is 0 Å². The second kappa shape index (κ2) is 20.6. The second-order valence-electron chi connectivity index (χ2n) is 10.9. The molecule has 6 heteroatoms. The average molecular weight is 577 g/mol. The van der Waals surface area contributed by atoms with Gasteiger partial charge in [0.25, 0.3) is 0 Å². The number of benzene rings is 1. The summed E-state index contributed by atoms with van der Waals surface area (Å²) in [5.41, 5.74) is 1.33. The zero-order valence-corrected chi connectivity index (χ0v) is 25.9. The zero-order valence-electron chi connectivity index (χ0n) is 23.3. The summed E-state index contributed by atoms with van der Waals surface area (Å²) in [6.07, 6.45) is 18.9. The van der Waals surface area contributed by atoms with Gasteiger partial charge in [0.1, 0.15) is 6.54 Å². The highest BCUT2D eigenvalue weighted by molar-refractivity contribution is 8.93. The maximum absolute atomic E-state index is 12.6. The van der Waals surface area contributed by atoms with Crippen molar-refractivity contribution >= 4 is 27.0 Å². The largest absolute Gasteiger partial charge is 0.325 e. The summed E-state index contributed by atoms with van der Waals surface area (Å²) >= 11 is 0. The molecule has 0 saturated heterocycles. The third-order valence-corrected chi connectivity index (χ3v) is 8.86. The van der Waals surface area contributed by atoms with Crippen LogP contribution >= 0.6 is 17.0 Å². The van der Waals surface area contributed by atoms with Crippen molar-refractivity contribution in [1.82, 2.24) is 4.31 Å². The van der Waals surface area contributed by atoms with Gasteiger partial charge in [-0.05, 0) is 6.42 Å². The van der Waals surface area contributed by atoms with Crippen LogP contribution in [0.1, 0.15) is 109 Å². The van der Waals surface area contributed by atoms with Crippen molar-refractivity contribution in [3.63, 3.8) is 0 Å². The molecule has 0 spiro atoms. The maximum atomic E-state index is 12.6. The molecular formula is C29H56BrN2O2S+. The van der Waals surface area contributed by atoms with Crippen LogP contribution in [0, 0.1) is 0 Å². The molecule has 0 heterocycles. The van der Waals surface area contributed by atoms with Crippen LogP contribution in [0.2, 0.25) is 0 Å². The smallest absolute Gasteiger partial charge is 0.213 e. The van der Waals surface area contributed by atoms with E-state index in [0.29, 0.717) is 12.3 Å². The van der Waals surface area contributed by atoms with Crippen LogP contribution in [0.25, 0.3) is 0 Å². The first-order valence-corrected chi connectivity index (χ1v) is 15.7. The molecule has 0 saturated carbocycles. The van der Waals surface area contributed by atoms with Crippen LogP contribution in [0.15, 0.2) is 30.3 Å². The Labute approximate surface area is 229 Å². The molecule has 206 valence electrons. The molecule has 1 aromatic rings. The topological polar surface area (TPSA) is 37.4 Å². The second-order valence-corrected chi connectivity index (χ2v) is 13.1. The minimum atomic E-state index is -3.13. The van der Waals surface area contributed by atoms with Gasteiger partial charge in [0.15, 0.2) is 0 Å². The standard InChI is InChI=1S/C29H55N2O2S.BrH/c1-5-6-7-8-9-10-11-12-13-14-15-16-17-21-27-34(32,33)30(2)25-22-26-31(3,4)28-29-23-19-18-20-24-29;/h18-20,23-24H,5-17,21-22,25-28H2,1-4H3;1H/q+1;. The van der Waals surface area contributed by atoms with E-state index in [-0.39, 0.29) is 17.0 Å². The van der Waals surface area contributed by atoms with Crippen molar-refractivity contribution in [2.45, 2.75) is 110 Å². The molecule has 0 unspecified atom stereocenters. The summed E-state index contributed by atoms with van der Waals surface area (Å²) in [5, 5.41) is 0. The summed E-state index contributed by atoms with van der Waals surface area (Å²) in [6.45, 7) is 4.81. The molecule has 0 aromatic heterocycles. The van der Waals surface area contributed by atoms with Gasteiger partial charge in [-0.2, -0.15) is 0 Å². The summed E-state index contributed by atoms with van der Waals surface area (Å²) in [4.78, 5) is 0. The minimum Gasteiger partial charge on any atom is -0.325 e. The average Bonchev–Trinajstić information content (AvgIpc) is 2.79. The Kier molecular flexibility index (Phi) is 20.4. The fourth-order valence-corrected chi connectivity index (χ4v) is 5.94. The Hall–Kier alpha value is -0.430.